The van der Waals surface area contributed by atoms with Gasteiger partial charge in [-0.25, -0.2) is 12.8 Å². The lowest BCUT2D eigenvalue weighted by molar-refractivity contribution is -0.120. The molecule has 1 aliphatic heterocycles. The highest BCUT2D eigenvalue weighted by Crippen LogP contribution is 2.30. The van der Waals surface area contributed by atoms with Gasteiger partial charge in [-0.2, -0.15) is 4.31 Å². The maximum Gasteiger partial charge on any atom is 0.243 e. The third-order valence-corrected chi connectivity index (χ3v) is 6.84. The largest absolute Gasteiger partial charge is 0.492 e. The molecule has 1 amide bonds. The number of benzene rings is 2. The van der Waals surface area contributed by atoms with E-state index in [1.54, 1.807) is 6.07 Å². The van der Waals surface area contributed by atoms with Gasteiger partial charge in [0, 0.05) is 18.8 Å². The zero-order chi connectivity index (χ0) is 21.0. The van der Waals surface area contributed by atoms with E-state index in [1.165, 1.54) is 40.7 Å². The molecule has 2 aromatic rings. The second-order valence-electron chi connectivity index (χ2n) is 6.73. The van der Waals surface area contributed by atoms with Crippen LogP contribution in [0.3, 0.4) is 0 Å². The van der Waals surface area contributed by atoms with Gasteiger partial charge in [0.2, 0.25) is 15.9 Å². The lowest BCUT2D eigenvalue weighted by Gasteiger charge is -2.31. The molecule has 29 heavy (non-hydrogen) atoms. The molecule has 1 N–H and O–H groups in total. The van der Waals surface area contributed by atoms with E-state index in [0.29, 0.717) is 37.4 Å². The molecule has 0 saturated carbocycles. The predicted molar refractivity (Wildman–Crippen MR) is 109 cm³/mol. The first-order chi connectivity index (χ1) is 13.8. The number of nitrogens with zero attached hydrogens (tertiary/aromatic N) is 1. The van der Waals surface area contributed by atoms with Crippen LogP contribution in [0, 0.1) is 11.7 Å². The quantitative estimate of drug-likeness (QED) is 0.738. The molecule has 0 bridgehead atoms. The Labute approximate surface area is 174 Å². The summed E-state index contributed by atoms with van der Waals surface area (Å²) in [5.74, 6) is -0.901. The molecule has 1 heterocycles. The number of amides is 1. The summed E-state index contributed by atoms with van der Waals surface area (Å²) in [4.78, 5) is 12.6. The van der Waals surface area contributed by atoms with Gasteiger partial charge >= 0.3 is 0 Å². The predicted octanol–water partition coefficient (Wildman–Crippen LogP) is 3.92. The van der Waals surface area contributed by atoms with Gasteiger partial charge in [0.15, 0.2) is 0 Å². The SMILES string of the molecule is CCOc1ccc(S(=O)(=O)N2CCC[C@@H](C(=O)Nc3cccc(F)c3)C2)cc1Cl. The van der Waals surface area contributed by atoms with Gasteiger partial charge in [0.05, 0.1) is 22.4 Å². The molecule has 1 aliphatic rings. The summed E-state index contributed by atoms with van der Waals surface area (Å²) in [7, 11) is -3.81. The van der Waals surface area contributed by atoms with Crippen molar-refractivity contribution in [1.82, 2.24) is 4.31 Å². The highest BCUT2D eigenvalue weighted by atomic mass is 35.5. The molecule has 0 aliphatic carbocycles. The van der Waals surface area contributed by atoms with Crippen LogP contribution in [-0.4, -0.2) is 38.3 Å². The van der Waals surface area contributed by atoms with Crippen molar-refractivity contribution in [2.45, 2.75) is 24.7 Å². The molecule has 156 valence electrons. The Morgan fingerprint density at radius 2 is 2.10 bits per heavy atom. The normalized spacial score (nSPS) is 17.7. The lowest BCUT2D eigenvalue weighted by Crippen LogP contribution is -2.43. The van der Waals surface area contributed by atoms with Gasteiger partial charge in [-0.1, -0.05) is 17.7 Å². The number of sulfonamides is 1. The number of nitrogens with one attached hydrogen (secondary N) is 1. The third-order valence-electron chi connectivity index (χ3n) is 4.69. The minimum atomic E-state index is -3.81. The second-order valence-corrected chi connectivity index (χ2v) is 9.07. The summed E-state index contributed by atoms with van der Waals surface area (Å²) in [5, 5.41) is 2.87. The second kappa shape index (κ2) is 9.11. The van der Waals surface area contributed by atoms with Crippen LogP contribution in [0.2, 0.25) is 5.02 Å². The van der Waals surface area contributed by atoms with E-state index in [9.17, 15) is 17.6 Å². The summed E-state index contributed by atoms with van der Waals surface area (Å²) in [5.41, 5.74) is 0.341. The van der Waals surface area contributed by atoms with Crippen LogP contribution in [0.15, 0.2) is 47.4 Å². The molecule has 1 atom stereocenters. The number of rotatable bonds is 6. The van der Waals surface area contributed by atoms with Crippen molar-refractivity contribution >= 4 is 33.2 Å². The summed E-state index contributed by atoms with van der Waals surface area (Å²) in [6.07, 6.45) is 1.10. The Bertz CT molecular complexity index is 1000. The Kier molecular flexibility index (Phi) is 6.77. The zero-order valence-corrected chi connectivity index (χ0v) is 17.5. The lowest BCUT2D eigenvalue weighted by atomic mass is 9.99. The Balaban J connectivity index is 1.73. The van der Waals surface area contributed by atoms with Gasteiger partial charge < -0.3 is 10.1 Å². The first kappa shape index (κ1) is 21.5. The van der Waals surface area contributed by atoms with Crippen LogP contribution in [-0.2, 0) is 14.8 Å². The fraction of sp³-hybridized carbons (Fsp3) is 0.350. The molecule has 6 nitrogen and oxygen atoms in total. The van der Waals surface area contributed by atoms with Crippen molar-refractivity contribution in [1.29, 1.82) is 0 Å². The standard InChI is InChI=1S/C20H22ClFN2O4S/c1-2-28-19-9-8-17(12-18(19)21)29(26,27)24-10-4-5-14(13-24)20(25)23-16-7-3-6-15(22)11-16/h3,6-9,11-12,14H,2,4-5,10,13H2,1H3,(H,23,25)/t14-/m1/s1. The van der Waals surface area contributed by atoms with Crippen molar-refractivity contribution in [3.05, 3.63) is 53.3 Å². The number of carbonyl (C=O) groups excluding carboxylic acids is 1. The molecule has 0 spiro atoms. The van der Waals surface area contributed by atoms with E-state index < -0.39 is 21.8 Å². The Hall–Kier alpha value is -2.16. The number of anilines is 1. The number of hydrogen-bond donors (Lipinski definition) is 1. The fourth-order valence-corrected chi connectivity index (χ4v) is 5.10. The highest BCUT2D eigenvalue weighted by molar-refractivity contribution is 7.89. The average Bonchev–Trinajstić information content (AvgIpc) is 2.69. The van der Waals surface area contributed by atoms with Crippen LogP contribution in [0.5, 0.6) is 5.75 Å². The highest BCUT2D eigenvalue weighted by Gasteiger charge is 2.33. The summed E-state index contributed by atoms with van der Waals surface area (Å²) in [6.45, 7) is 2.59. The number of halogens is 2. The topological polar surface area (TPSA) is 75.7 Å². The maximum atomic E-state index is 13.3. The molecule has 1 saturated heterocycles. The molecular weight excluding hydrogens is 419 g/mol. The van der Waals surface area contributed by atoms with Crippen LogP contribution >= 0.6 is 11.6 Å². The Morgan fingerprint density at radius 3 is 2.79 bits per heavy atom. The van der Waals surface area contributed by atoms with Crippen molar-refractivity contribution < 1.29 is 22.3 Å². The van der Waals surface area contributed by atoms with E-state index in [2.05, 4.69) is 5.32 Å². The van der Waals surface area contributed by atoms with Crippen molar-refractivity contribution in [2.24, 2.45) is 5.92 Å². The minimum absolute atomic E-state index is 0.0499. The minimum Gasteiger partial charge on any atom is -0.492 e. The molecule has 0 aromatic heterocycles. The molecular formula is C20H22ClFN2O4S. The van der Waals surface area contributed by atoms with Gasteiger partial charge in [0.1, 0.15) is 11.6 Å². The van der Waals surface area contributed by atoms with Gasteiger partial charge in [0.25, 0.3) is 0 Å². The van der Waals surface area contributed by atoms with Crippen LogP contribution in [0.25, 0.3) is 0 Å². The molecule has 3 rings (SSSR count). The monoisotopic (exact) mass is 440 g/mol. The fourth-order valence-electron chi connectivity index (χ4n) is 3.25. The first-order valence-electron chi connectivity index (χ1n) is 9.30. The summed E-state index contributed by atoms with van der Waals surface area (Å²) >= 11 is 6.13. The smallest absolute Gasteiger partial charge is 0.243 e. The van der Waals surface area contributed by atoms with Crippen LogP contribution in [0.4, 0.5) is 10.1 Å². The first-order valence-corrected chi connectivity index (χ1v) is 11.1. The van der Waals surface area contributed by atoms with Crippen molar-refractivity contribution in [3.63, 3.8) is 0 Å². The molecule has 0 unspecified atom stereocenters. The van der Waals surface area contributed by atoms with Gasteiger partial charge in [-0.05, 0) is 56.2 Å². The zero-order valence-electron chi connectivity index (χ0n) is 15.9. The third kappa shape index (κ3) is 5.07. The van der Waals surface area contributed by atoms with Crippen LogP contribution in [0.1, 0.15) is 19.8 Å². The number of hydrogen-bond acceptors (Lipinski definition) is 4. The summed E-state index contributed by atoms with van der Waals surface area (Å²) in [6, 6.07) is 9.92. The Morgan fingerprint density at radius 1 is 1.31 bits per heavy atom. The molecule has 1 fully saturated rings. The average molecular weight is 441 g/mol. The number of carbonyl (C=O) groups is 1. The maximum absolute atomic E-state index is 13.3. The van der Waals surface area contributed by atoms with Crippen LogP contribution < -0.4 is 10.1 Å². The van der Waals surface area contributed by atoms with E-state index >= 15 is 0 Å². The molecule has 9 heteroatoms. The van der Waals surface area contributed by atoms with Gasteiger partial charge in [-0.3, -0.25) is 4.79 Å². The van der Waals surface area contributed by atoms with E-state index in [4.69, 9.17) is 16.3 Å². The molecule has 0 radical (unpaired) electrons. The number of piperidine rings is 1. The van der Waals surface area contributed by atoms with Crippen molar-refractivity contribution in [3.8, 4) is 5.75 Å². The van der Waals surface area contributed by atoms with E-state index in [0.717, 1.165) is 0 Å². The van der Waals surface area contributed by atoms with E-state index in [-0.39, 0.29) is 22.4 Å². The van der Waals surface area contributed by atoms with Crippen molar-refractivity contribution in [2.75, 3.05) is 25.0 Å². The molecule has 2 aromatic carbocycles. The van der Waals surface area contributed by atoms with E-state index in [1.807, 2.05) is 6.92 Å². The number of ether oxygens (including phenoxy) is 1. The summed E-state index contributed by atoms with van der Waals surface area (Å²) < 4.78 is 46.0. The van der Waals surface area contributed by atoms with Gasteiger partial charge in [-0.15, -0.1) is 0 Å².